The van der Waals surface area contributed by atoms with Gasteiger partial charge in [-0.2, -0.15) is 0 Å². The summed E-state index contributed by atoms with van der Waals surface area (Å²) in [7, 11) is 5.58. The maximum absolute atomic E-state index is 14.1. The summed E-state index contributed by atoms with van der Waals surface area (Å²) >= 11 is 3.07. The second kappa shape index (κ2) is 12.2. The minimum atomic E-state index is -0.356. The van der Waals surface area contributed by atoms with E-state index in [1.165, 1.54) is 17.4 Å². The van der Waals surface area contributed by atoms with Gasteiger partial charge in [0, 0.05) is 24.4 Å². The molecular weight excluding hydrogens is 457 g/mol. The van der Waals surface area contributed by atoms with E-state index in [1.807, 2.05) is 49.3 Å². The molecule has 168 valence electrons. The number of anilines is 1. The van der Waals surface area contributed by atoms with Gasteiger partial charge in [-0.05, 0) is 62.7 Å². The third-order valence-electron chi connectivity index (χ3n) is 4.52. The minimum absolute atomic E-state index is 0. The number of amides is 1. The summed E-state index contributed by atoms with van der Waals surface area (Å²) < 4.78 is 20.0. The van der Waals surface area contributed by atoms with Crippen molar-refractivity contribution in [3.63, 3.8) is 0 Å². The number of carbonyl (C=O) groups excluding carboxylic acids is 1. The molecule has 0 unspecified atom stereocenters. The fourth-order valence-electron chi connectivity index (χ4n) is 2.87. The molecule has 0 radical (unpaired) electrons. The van der Waals surface area contributed by atoms with E-state index >= 15 is 0 Å². The first-order chi connectivity index (χ1) is 14.5. The van der Waals surface area contributed by atoms with Crippen LogP contribution in [-0.2, 0) is 4.79 Å². The van der Waals surface area contributed by atoms with E-state index in [0.717, 1.165) is 27.5 Å². The summed E-state index contributed by atoms with van der Waals surface area (Å²) in [6, 6.07) is 12.8. The molecular formula is C22H27ClFN3O2S2. The van der Waals surface area contributed by atoms with E-state index in [-0.39, 0.29) is 24.1 Å². The molecule has 0 bridgehead atoms. The predicted octanol–water partition coefficient (Wildman–Crippen LogP) is 5.33. The molecule has 3 rings (SSSR count). The van der Waals surface area contributed by atoms with Crippen LogP contribution >= 0.6 is 35.5 Å². The number of para-hydroxylation sites is 1. The van der Waals surface area contributed by atoms with Crippen LogP contribution in [0.15, 0.2) is 47.4 Å². The van der Waals surface area contributed by atoms with Gasteiger partial charge in [-0.1, -0.05) is 17.4 Å². The highest BCUT2D eigenvalue weighted by Gasteiger charge is 2.20. The van der Waals surface area contributed by atoms with Gasteiger partial charge in [-0.25, -0.2) is 9.37 Å². The monoisotopic (exact) mass is 483 g/mol. The van der Waals surface area contributed by atoms with Gasteiger partial charge in [-0.15, -0.1) is 24.2 Å². The highest BCUT2D eigenvalue weighted by atomic mass is 35.5. The van der Waals surface area contributed by atoms with E-state index in [1.54, 1.807) is 29.8 Å². The van der Waals surface area contributed by atoms with Crippen molar-refractivity contribution in [1.82, 2.24) is 9.88 Å². The predicted molar refractivity (Wildman–Crippen MR) is 131 cm³/mol. The highest BCUT2D eigenvalue weighted by Crippen LogP contribution is 2.31. The summed E-state index contributed by atoms with van der Waals surface area (Å²) in [6.45, 7) is 1.24. The Morgan fingerprint density at radius 2 is 1.90 bits per heavy atom. The standard InChI is InChI=1S/C22H26FN3O2S2.ClH/c1-25(2)13-14-26(22-24-21-18(23)6-4-7-19(21)30-22)20(27)8-5-15-29-17-11-9-16(28-3)10-12-17;/h4,6-7,9-12H,5,8,13-15H2,1-3H3;1H. The molecule has 0 aliphatic rings. The Morgan fingerprint density at radius 3 is 2.55 bits per heavy atom. The average molecular weight is 484 g/mol. The summed E-state index contributed by atoms with van der Waals surface area (Å²) in [5.41, 5.74) is 0.329. The number of carbonyl (C=O) groups is 1. The summed E-state index contributed by atoms with van der Waals surface area (Å²) in [5, 5.41) is 0.560. The first-order valence-corrected chi connectivity index (χ1v) is 11.5. The first-order valence-electron chi connectivity index (χ1n) is 9.75. The molecule has 3 aromatic rings. The fraction of sp³-hybridized carbons (Fsp3) is 0.364. The van der Waals surface area contributed by atoms with Gasteiger partial charge in [0.15, 0.2) is 5.13 Å². The molecule has 0 saturated heterocycles. The minimum Gasteiger partial charge on any atom is -0.497 e. The fourth-order valence-corrected chi connectivity index (χ4v) is 4.74. The maximum atomic E-state index is 14.1. The van der Waals surface area contributed by atoms with Crippen LogP contribution in [0.2, 0.25) is 0 Å². The Balaban J connectivity index is 0.00000341. The van der Waals surface area contributed by atoms with E-state index in [9.17, 15) is 9.18 Å². The van der Waals surface area contributed by atoms with Crippen LogP contribution in [0.1, 0.15) is 12.8 Å². The molecule has 5 nitrogen and oxygen atoms in total. The number of aromatic nitrogens is 1. The lowest BCUT2D eigenvalue weighted by molar-refractivity contribution is -0.118. The van der Waals surface area contributed by atoms with Crippen LogP contribution in [0, 0.1) is 5.82 Å². The van der Waals surface area contributed by atoms with Gasteiger partial charge in [0.25, 0.3) is 0 Å². The number of thiazole rings is 1. The van der Waals surface area contributed by atoms with Gasteiger partial charge >= 0.3 is 0 Å². The second-order valence-electron chi connectivity index (χ2n) is 7.06. The van der Waals surface area contributed by atoms with E-state index in [4.69, 9.17) is 4.74 Å². The molecule has 0 fully saturated rings. The number of nitrogens with zero attached hydrogens (tertiary/aromatic N) is 3. The van der Waals surface area contributed by atoms with Gasteiger partial charge in [0.1, 0.15) is 17.1 Å². The van der Waals surface area contributed by atoms with Crippen molar-refractivity contribution in [3.8, 4) is 5.75 Å². The summed E-state index contributed by atoms with van der Waals surface area (Å²) in [4.78, 5) is 22.2. The van der Waals surface area contributed by atoms with E-state index in [0.29, 0.717) is 30.2 Å². The Bertz CT molecular complexity index is 983. The number of halogens is 2. The molecule has 31 heavy (non-hydrogen) atoms. The number of benzene rings is 2. The van der Waals surface area contributed by atoms with Crippen molar-refractivity contribution in [3.05, 3.63) is 48.3 Å². The number of ether oxygens (including phenoxy) is 1. The molecule has 0 N–H and O–H groups in total. The van der Waals surface area contributed by atoms with E-state index < -0.39 is 0 Å². The maximum Gasteiger partial charge on any atom is 0.228 e. The van der Waals surface area contributed by atoms with Crippen molar-refractivity contribution in [2.75, 3.05) is 44.9 Å². The third-order valence-corrected chi connectivity index (χ3v) is 6.67. The Morgan fingerprint density at radius 1 is 1.16 bits per heavy atom. The van der Waals surface area contributed by atoms with Crippen molar-refractivity contribution in [1.29, 1.82) is 0 Å². The van der Waals surface area contributed by atoms with Crippen LogP contribution in [0.25, 0.3) is 10.2 Å². The van der Waals surface area contributed by atoms with Gasteiger partial charge in [0.05, 0.1) is 11.8 Å². The number of hydrogen-bond acceptors (Lipinski definition) is 6. The molecule has 2 aromatic carbocycles. The topological polar surface area (TPSA) is 45.7 Å². The van der Waals surface area contributed by atoms with Crippen LogP contribution in [-0.4, -0.2) is 55.8 Å². The zero-order valence-corrected chi connectivity index (χ0v) is 20.3. The Labute approximate surface area is 197 Å². The normalized spacial score (nSPS) is 10.9. The van der Waals surface area contributed by atoms with Crippen molar-refractivity contribution >= 4 is 56.8 Å². The van der Waals surface area contributed by atoms with E-state index in [2.05, 4.69) is 4.98 Å². The van der Waals surface area contributed by atoms with Crippen LogP contribution in [0.4, 0.5) is 9.52 Å². The lowest BCUT2D eigenvalue weighted by atomic mass is 10.3. The molecule has 1 amide bonds. The molecule has 1 heterocycles. The van der Waals surface area contributed by atoms with Gasteiger partial charge < -0.3 is 9.64 Å². The molecule has 0 saturated carbocycles. The smallest absolute Gasteiger partial charge is 0.228 e. The average Bonchev–Trinajstić information content (AvgIpc) is 3.17. The third kappa shape index (κ3) is 7.07. The lowest BCUT2D eigenvalue weighted by Crippen LogP contribution is -2.36. The van der Waals surface area contributed by atoms with Gasteiger partial charge in [-0.3, -0.25) is 9.69 Å². The van der Waals surface area contributed by atoms with Crippen LogP contribution in [0.5, 0.6) is 5.75 Å². The Hall–Kier alpha value is -1.87. The number of methoxy groups -OCH3 is 1. The molecule has 9 heteroatoms. The summed E-state index contributed by atoms with van der Waals surface area (Å²) in [6.07, 6.45) is 1.18. The summed E-state index contributed by atoms with van der Waals surface area (Å²) in [5.74, 6) is 1.34. The van der Waals surface area contributed by atoms with Crippen LogP contribution in [0.3, 0.4) is 0 Å². The first kappa shape index (κ1) is 25.4. The Kier molecular flexibility index (Phi) is 10.0. The highest BCUT2D eigenvalue weighted by molar-refractivity contribution is 7.99. The largest absolute Gasteiger partial charge is 0.497 e. The zero-order chi connectivity index (χ0) is 21.5. The van der Waals surface area contributed by atoms with Crippen molar-refractivity contribution in [2.45, 2.75) is 17.7 Å². The lowest BCUT2D eigenvalue weighted by Gasteiger charge is -2.22. The van der Waals surface area contributed by atoms with Gasteiger partial charge in [0.2, 0.25) is 5.91 Å². The second-order valence-corrected chi connectivity index (χ2v) is 9.24. The molecule has 1 aromatic heterocycles. The van der Waals surface area contributed by atoms with Crippen molar-refractivity contribution < 1.29 is 13.9 Å². The molecule has 0 aliphatic carbocycles. The SMILES string of the molecule is COc1ccc(SCCCC(=O)N(CCN(C)C)c2nc3c(F)cccc3s2)cc1.Cl. The number of fused-ring (bicyclic) bond motifs is 1. The van der Waals surface area contributed by atoms with Crippen LogP contribution < -0.4 is 9.64 Å². The number of thioether (sulfide) groups is 1. The molecule has 0 spiro atoms. The zero-order valence-electron chi connectivity index (χ0n) is 17.8. The quantitative estimate of drug-likeness (QED) is 0.288. The molecule has 0 aliphatic heterocycles. The number of rotatable bonds is 10. The molecule has 0 atom stereocenters. The number of hydrogen-bond donors (Lipinski definition) is 0. The van der Waals surface area contributed by atoms with Crippen molar-refractivity contribution in [2.24, 2.45) is 0 Å². The number of likely N-dealkylation sites (N-methyl/N-ethyl adjacent to an activating group) is 1.